The third kappa shape index (κ3) is 1.98. The minimum atomic E-state index is -3.59. The van der Waals surface area contributed by atoms with E-state index in [2.05, 4.69) is 4.90 Å². The minimum Gasteiger partial charge on any atom is -0.374 e. The zero-order valence-electron chi connectivity index (χ0n) is 8.60. The Balaban J connectivity index is 2.53. The maximum absolute atomic E-state index is 11.2. The summed E-state index contributed by atoms with van der Waals surface area (Å²) in [6, 6.07) is 5.09. The van der Waals surface area contributed by atoms with Crippen LogP contribution in [0.15, 0.2) is 23.1 Å². The molecule has 82 valence electrons. The molecule has 2 rings (SSSR count). The van der Waals surface area contributed by atoms with E-state index in [9.17, 15) is 8.42 Å². The van der Waals surface area contributed by atoms with Gasteiger partial charge in [0, 0.05) is 19.3 Å². The highest BCUT2D eigenvalue weighted by Crippen LogP contribution is 2.27. The average Bonchev–Trinajstić information content (AvgIpc) is 2.16. The molecule has 1 aliphatic heterocycles. The Labute approximate surface area is 89.7 Å². The second-order valence-electron chi connectivity index (χ2n) is 3.86. The van der Waals surface area contributed by atoms with Crippen LogP contribution in [0, 0.1) is 0 Å². The summed E-state index contributed by atoms with van der Waals surface area (Å²) >= 11 is 0. The molecule has 0 fully saturated rings. The van der Waals surface area contributed by atoms with Crippen LogP contribution in [0.3, 0.4) is 0 Å². The van der Waals surface area contributed by atoms with Crippen LogP contribution < -0.4 is 10.0 Å². The van der Waals surface area contributed by atoms with Crippen LogP contribution >= 0.6 is 0 Å². The first-order valence-corrected chi connectivity index (χ1v) is 6.40. The number of sulfonamides is 1. The molecule has 2 N–H and O–H groups in total. The Hall–Kier alpha value is -1.07. The molecule has 1 aromatic carbocycles. The number of nitrogens with two attached hydrogens (primary N) is 1. The van der Waals surface area contributed by atoms with Crippen LogP contribution in [0.5, 0.6) is 0 Å². The van der Waals surface area contributed by atoms with E-state index >= 15 is 0 Å². The number of primary sulfonamides is 1. The highest BCUT2D eigenvalue weighted by atomic mass is 32.2. The number of anilines is 1. The predicted octanol–water partition coefficient (Wildman–Crippen LogP) is 0.716. The molecule has 0 bridgehead atoms. The van der Waals surface area contributed by atoms with E-state index in [0.717, 1.165) is 25.1 Å². The van der Waals surface area contributed by atoms with Crippen molar-refractivity contribution in [2.45, 2.75) is 17.7 Å². The van der Waals surface area contributed by atoms with E-state index < -0.39 is 10.0 Å². The highest BCUT2D eigenvalue weighted by Gasteiger charge is 2.16. The molecular weight excluding hydrogens is 212 g/mol. The summed E-state index contributed by atoms with van der Waals surface area (Å²) in [5.74, 6) is 0. The molecule has 5 heteroatoms. The van der Waals surface area contributed by atoms with Gasteiger partial charge in [-0.15, -0.1) is 0 Å². The molecule has 0 aliphatic carbocycles. The van der Waals surface area contributed by atoms with Crippen molar-refractivity contribution in [1.82, 2.24) is 0 Å². The number of aryl methyl sites for hydroxylation is 1. The molecule has 1 aliphatic rings. The number of rotatable bonds is 1. The number of fused-ring (bicyclic) bond motifs is 1. The lowest BCUT2D eigenvalue weighted by atomic mass is 10.0. The second-order valence-corrected chi connectivity index (χ2v) is 5.42. The van der Waals surface area contributed by atoms with Gasteiger partial charge in [-0.3, -0.25) is 0 Å². The molecule has 1 heterocycles. The summed E-state index contributed by atoms with van der Waals surface area (Å²) < 4.78 is 22.4. The Morgan fingerprint density at radius 2 is 2.13 bits per heavy atom. The standard InChI is InChI=1S/C10H14N2O2S/c1-12-6-2-3-8-4-5-9(7-10(8)12)15(11,13)14/h4-5,7H,2-3,6H2,1H3,(H2,11,13,14). The maximum atomic E-state index is 11.2. The van der Waals surface area contributed by atoms with E-state index in [1.54, 1.807) is 12.1 Å². The molecule has 0 saturated carbocycles. The van der Waals surface area contributed by atoms with Gasteiger partial charge in [0.2, 0.25) is 10.0 Å². The van der Waals surface area contributed by atoms with E-state index in [4.69, 9.17) is 5.14 Å². The number of hydrogen-bond acceptors (Lipinski definition) is 3. The lowest BCUT2D eigenvalue weighted by Crippen LogP contribution is -2.25. The van der Waals surface area contributed by atoms with Gasteiger partial charge in [-0.25, -0.2) is 13.6 Å². The number of nitrogens with zero attached hydrogens (tertiary/aromatic N) is 1. The fourth-order valence-corrected chi connectivity index (χ4v) is 2.45. The van der Waals surface area contributed by atoms with Crippen molar-refractivity contribution in [3.63, 3.8) is 0 Å². The average molecular weight is 226 g/mol. The Morgan fingerprint density at radius 1 is 1.40 bits per heavy atom. The summed E-state index contributed by atoms with van der Waals surface area (Å²) in [5, 5.41) is 5.09. The first kappa shape index (κ1) is 10.4. The summed E-state index contributed by atoms with van der Waals surface area (Å²) in [6.07, 6.45) is 2.11. The molecule has 0 atom stereocenters. The van der Waals surface area contributed by atoms with Crippen LogP contribution in [0.25, 0.3) is 0 Å². The molecule has 15 heavy (non-hydrogen) atoms. The SMILES string of the molecule is CN1CCCc2ccc(S(N)(=O)=O)cc21. The quantitative estimate of drug-likeness (QED) is 0.767. The monoisotopic (exact) mass is 226 g/mol. The van der Waals surface area contributed by atoms with Crippen molar-refractivity contribution in [1.29, 1.82) is 0 Å². The first-order valence-electron chi connectivity index (χ1n) is 4.85. The van der Waals surface area contributed by atoms with Gasteiger partial charge in [0.05, 0.1) is 4.90 Å². The minimum absolute atomic E-state index is 0.190. The molecular formula is C10H14N2O2S. The summed E-state index contributed by atoms with van der Waals surface area (Å²) in [5.41, 5.74) is 2.17. The highest BCUT2D eigenvalue weighted by molar-refractivity contribution is 7.89. The van der Waals surface area contributed by atoms with Gasteiger partial charge >= 0.3 is 0 Å². The Kier molecular flexibility index (Phi) is 2.44. The molecule has 0 spiro atoms. The maximum Gasteiger partial charge on any atom is 0.238 e. The van der Waals surface area contributed by atoms with Gasteiger partial charge in [-0.2, -0.15) is 0 Å². The normalized spacial score (nSPS) is 16.3. The fraction of sp³-hybridized carbons (Fsp3) is 0.400. The van der Waals surface area contributed by atoms with Crippen molar-refractivity contribution >= 4 is 15.7 Å². The molecule has 0 radical (unpaired) electrons. The fourth-order valence-electron chi connectivity index (χ4n) is 1.91. The Bertz CT molecular complexity index is 482. The van der Waals surface area contributed by atoms with Gasteiger partial charge in [0.25, 0.3) is 0 Å². The summed E-state index contributed by atoms with van der Waals surface area (Å²) in [7, 11) is -1.62. The Morgan fingerprint density at radius 3 is 2.80 bits per heavy atom. The topological polar surface area (TPSA) is 63.4 Å². The molecule has 0 saturated heterocycles. The third-order valence-electron chi connectivity index (χ3n) is 2.74. The lowest BCUT2D eigenvalue weighted by molar-refractivity contribution is 0.597. The van der Waals surface area contributed by atoms with Crippen LogP contribution in [0.4, 0.5) is 5.69 Å². The van der Waals surface area contributed by atoms with Crippen molar-refractivity contribution in [3.8, 4) is 0 Å². The van der Waals surface area contributed by atoms with Crippen molar-refractivity contribution in [2.24, 2.45) is 5.14 Å². The summed E-state index contributed by atoms with van der Waals surface area (Å²) in [6.45, 7) is 0.959. The van der Waals surface area contributed by atoms with E-state index in [-0.39, 0.29) is 4.90 Å². The van der Waals surface area contributed by atoms with Gasteiger partial charge in [0.1, 0.15) is 0 Å². The smallest absolute Gasteiger partial charge is 0.238 e. The van der Waals surface area contributed by atoms with E-state index in [1.165, 1.54) is 5.56 Å². The zero-order valence-corrected chi connectivity index (χ0v) is 9.42. The van der Waals surface area contributed by atoms with Crippen LogP contribution in [-0.2, 0) is 16.4 Å². The number of benzene rings is 1. The van der Waals surface area contributed by atoms with Gasteiger partial charge in [0.15, 0.2) is 0 Å². The number of hydrogen-bond donors (Lipinski definition) is 1. The molecule has 1 aromatic rings. The van der Waals surface area contributed by atoms with Gasteiger partial charge in [-0.1, -0.05) is 6.07 Å². The van der Waals surface area contributed by atoms with E-state index in [0.29, 0.717) is 0 Å². The van der Waals surface area contributed by atoms with Crippen molar-refractivity contribution in [3.05, 3.63) is 23.8 Å². The second kappa shape index (κ2) is 3.50. The predicted molar refractivity (Wildman–Crippen MR) is 59.4 cm³/mol. The van der Waals surface area contributed by atoms with Crippen molar-refractivity contribution < 1.29 is 8.42 Å². The van der Waals surface area contributed by atoms with Gasteiger partial charge in [-0.05, 0) is 30.5 Å². The van der Waals surface area contributed by atoms with E-state index in [1.807, 2.05) is 13.1 Å². The zero-order chi connectivity index (χ0) is 11.1. The van der Waals surface area contributed by atoms with Crippen LogP contribution in [-0.4, -0.2) is 22.0 Å². The van der Waals surface area contributed by atoms with Crippen molar-refractivity contribution in [2.75, 3.05) is 18.5 Å². The summed E-state index contributed by atoms with van der Waals surface area (Å²) in [4.78, 5) is 2.25. The molecule has 4 nitrogen and oxygen atoms in total. The molecule has 0 aromatic heterocycles. The molecule has 0 amide bonds. The van der Waals surface area contributed by atoms with Crippen LogP contribution in [0.2, 0.25) is 0 Å². The van der Waals surface area contributed by atoms with Crippen LogP contribution in [0.1, 0.15) is 12.0 Å². The molecule has 0 unspecified atom stereocenters. The lowest BCUT2D eigenvalue weighted by Gasteiger charge is -2.27. The third-order valence-corrected chi connectivity index (χ3v) is 3.65. The first-order chi connectivity index (χ1) is 6.98. The largest absolute Gasteiger partial charge is 0.374 e. The van der Waals surface area contributed by atoms with Gasteiger partial charge < -0.3 is 4.90 Å².